The minimum absolute atomic E-state index is 0.0635. The highest BCUT2D eigenvalue weighted by Gasteiger charge is 2.41. The van der Waals surface area contributed by atoms with Gasteiger partial charge in [-0.05, 0) is 49.4 Å². The molecular formula is C21H24N4O3S2. The molecule has 0 amide bonds. The largest absolute Gasteiger partial charge is 0.431 e. The number of thiazole rings is 1. The van der Waals surface area contributed by atoms with Crippen LogP contribution < -0.4 is 9.46 Å². The summed E-state index contributed by atoms with van der Waals surface area (Å²) in [6.07, 6.45) is 8.82. The molecule has 2 bridgehead atoms. The highest BCUT2D eigenvalue weighted by Crippen LogP contribution is 2.37. The number of aromatic nitrogens is 2. The van der Waals surface area contributed by atoms with Crippen molar-refractivity contribution in [2.45, 2.75) is 50.4 Å². The summed E-state index contributed by atoms with van der Waals surface area (Å²) >= 11 is 1.48. The Morgan fingerprint density at radius 2 is 1.90 bits per heavy atom. The molecule has 3 atom stereocenters. The number of benzene rings is 1. The van der Waals surface area contributed by atoms with Gasteiger partial charge in [-0.25, -0.2) is 18.1 Å². The lowest BCUT2D eigenvalue weighted by atomic mass is 9.97. The predicted molar refractivity (Wildman–Crippen MR) is 117 cm³/mol. The van der Waals surface area contributed by atoms with Crippen LogP contribution in [0.2, 0.25) is 0 Å². The quantitative estimate of drug-likeness (QED) is 0.626. The Hall–Kier alpha value is -2.07. The van der Waals surface area contributed by atoms with Gasteiger partial charge in [0.25, 0.3) is 5.19 Å². The van der Waals surface area contributed by atoms with Crippen molar-refractivity contribution in [3.63, 3.8) is 0 Å². The minimum Gasteiger partial charge on any atom is -0.431 e. The predicted octanol–water partition coefficient (Wildman–Crippen LogP) is 3.53. The lowest BCUT2D eigenvalue weighted by Gasteiger charge is -2.39. The average Bonchev–Trinajstić information content (AvgIpc) is 3.19. The number of nitrogens with one attached hydrogen (secondary N) is 1. The van der Waals surface area contributed by atoms with Crippen molar-refractivity contribution < 1.29 is 13.2 Å². The summed E-state index contributed by atoms with van der Waals surface area (Å²) in [4.78, 5) is 11.1. The third-order valence-corrected chi connectivity index (χ3v) is 7.58. The Bertz CT molecular complexity index is 1100. The minimum atomic E-state index is -3.15. The first-order valence-electron chi connectivity index (χ1n) is 10.1. The number of pyridine rings is 1. The molecule has 4 heterocycles. The first-order chi connectivity index (χ1) is 14.4. The molecule has 2 aromatic heterocycles. The van der Waals surface area contributed by atoms with Crippen LogP contribution in [0, 0.1) is 0 Å². The summed E-state index contributed by atoms with van der Waals surface area (Å²) < 4.78 is 32.9. The molecule has 2 aliphatic heterocycles. The molecular weight excluding hydrogens is 420 g/mol. The molecule has 1 unspecified atom stereocenters. The molecule has 2 fully saturated rings. The Labute approximate surface area is 180 Å². The van der Waals surface area contributed by atoms with E-state index >= 15 is 0 Å². The number of nitrogens with zero attached hydrogens (tertiary/aromatic N) is 3. The third kappa shape index (κ3) is 4.34. The van der Waals surface area contributed by atoms with Gasteiger partial charge in [0.2, 0.25) is 10.0 Å². The van der Waals surface area contributed by atoms with Gasteiger partial charge < -0.3 is 4.74 Å². The summed E-state index contributed by atoms with van der Waals surface area (Å²) in [6.45, 7) is 0.883. The molecule has 158 valence electrons. The Kier molecular flexibility index (Phi) is 5.22. The van der Waals surface area contributed by atoms with E-state index in [9.17, 15) is 8.42 Å². The van der Waals surface area contributed by atoms with Crippen LogP contribution in [-0.2, 0) is 16.6 Å². The van der Waals surface area contributed by atoms with Crippen molar-refractivity contribution in [2.75, 3.05) is 6.26 Å². The molecule has 0 radical (unpaired) electrons. The maximum absolute atomic E-state index is 11.6. The van der Waals surface area contributed by atoms with Gasteiger partial charge in [-0.2, -0.15) is 0 Å². The summed E-state index contributed by atoms with van der Waals surface area (Å²) in [7, 11) is -3.15. The molecule has 1 N–H and O–H groups in total. The molecule has 1 aromatic carbocycles. The molecule has 2 saturated heterocycles. The topological polar surface area (TPSA) is 84.4 Å². The first kappa shape index (κ1) is 19.9. The Morgan fingerprint density at radius 3 is 2.57 bits per heavy atom. The van der Waals surface area contributed by atoms with E-state index in [1.54, 1.807) is 12.4 Å². The number of rotatable bonds is 6. The number of hydrogen-bond donors (Lipinski definition) is 1. The van der Waals surface area contributed by atoms with Crippen LogP contribution in [0.3, 0.4) is 0 Å². The zero-order valence-electron chi connectivity index (χ0n) is 16.7. The van der Waals surface area contributed by atoms with Gasteiger partial charge >= 0.3 is 0 Å². The highest BCUT2D eigenvalue weighted by molar-refractivity contribution is 7.88. The number of piperidine rings is 1. The van der Waals surface area contributed by atoms with Crippen LogP contribution in [0.15, 0.2) is 42.7 Å². The standard InChI is InChI=1S/C21H24N4O3S2/c1-30(26,27)24-15-10-16-4-5-17(11-15)25(16)13-14-2-6-18(7-3-14)28-21-23-19-8-9-22-12-20(19)29-21/h2-3,6-9,12,15-17,24H,4-5,10-11,13H2,1H3/t15?,16-,17+. The van der Waals surface area contributed by atoms with Gasteiger partial charge in [-0.3, -0.25) is 9.88 Å². The fraction of sp³-hybridized carbons (Fsp3) is 0.429. The van der Waals surface area contributed by atoms with E-state index in [0.717, 1.165) is 48.2 Å². The van der Waals surface area contributed by atoms with Crippen LogP contribution >= 0.6 is 11.3 Å². The van der Waals surface area contributed by atoms with Crippen molar-refractivity contribution in [1.82, 2.24) is 19.6 Å². The van der Waals surface area contributed by atoms with Crippen LogP contribution in [0.1, 0.15) is 31.2 Å². The second-order valence-electron chi connectivity index (χ2n) is 8.18. The second-order valence-corrected chi connectivity index (χ2v) is 11.0. The number of ether oxygens (including phenoxy) is 1. The van der Waals surface area contributed by atoms with Gasteiger partial charge in [0.05, 0.1) is 16.5 Å². The fourth-order valence-corrected chi connectivity index (χ4v) is 6.31. The summed E-state index contributed by atoms with van der Waals surface area (Å²) in [6, 6.07) is 11.0. The normalized spacial score (nSPS) is 24.4. The van der Waals surface area contributed by atoms with Gasteiger partial charge in [-0.1, -0.05) is 23.5 Å². The first-order valence-corrected chi connectivity index (χ1v) is 12.8. The van der Waals surface area contributed by atoms with Crippen molar-refractivity contribution >= 4 is 31.6 Å². The summed E-state index contributed by atoms with van der Waals surface area (Å²) in [5.74, 6) is 0.768. The van der Waals surface area contributed by atoms with Crippen LogP contribution in [0.4, 0.5) is 0 Å². The zero-order chi connectivity index (χ0) is 20.7. The van der Waals surface area contributed by atoms with Gasteiger partial charge in [0, 0.05) is 37.1 Å². The van der Waals surface area contributed by atoms with E-state index < -0.39 is 10.0 Å². The molecule has 0 aliphatic carbocycles. The lowest BCUT2D eigenvalue weighted by Crippen LogP contribution is -2.49. The third-order valence-electron chi connectivity index (χ3n) is 5.93. The van der Waals surface area contributed by atoms with Crippen LogP contribution in [0.25, 0.3) is 10.2 Å². The summed E-state index contributed by atoms with van der Waals surface area (Å²) in [5.41, 5.74) is 2.13. The SMILES string of the molecule is CS(=O)(=O)NC1C[C@H]2CC[C@@H](C1)N2Cc1ccc(Oc2nc3ccncc3s2)cc1. The smallest absolute Gasteiger partial charge is 0.279 e. The van der Waals surface area contributed by atoms with E-state index in [-0.39, 0.29) is 6.04 Å². The monoisotopic (exact) mass is 444 g/mol. The number of fused-ring (bicyclic) bond motifs is 3. The Balaban J connectivity index is 1.22. The maximum atomic E-state index is 11.6. The van der Waals surface area contributed by atoms with Gasteiger partial charge in [0.1, 0.15) is 5.75 Å². The second kappa shape index (κ2) is 7.88. The van der Waals surface area contributed by atoms with Crippen molar-refractivity contribution in [2.24, 2.45) is 0 Å². The Morgan fingerprint density at radius 1 is 1.17 bits per heavy atom. The molecule has 7 nitrogen and oxygen atoms in total. The van der Waals surface area contributed by atoms with Crippen LogP contribution in [-0.4, -0.2) is 47.7 Å². The van der Waals surface area contributed by atoms with E-state index in [2.05, 4.69) is 31.7 Å². The molecule has 0 spiro atoms. The molecule has 0 saturated carbocycles. The average molecular weight is 445 g/mol. The van der Waals surface area contributed by atoms with E-state index in [4.69, 9.17) is 4.74 Å². The van der Waals surface area contributed by atoms with E-state index in [0.29, 0.717) is 17.3 Å². The molecule has 2 aliphatic rings. The van der Waals surface area contributed by atoms with Gasteiger partial charge in [-0.15, -0.1) is 0 Å². The van der Waals surface area contributed by atoms with E-state index in [1.165, 1.54) is 23.2 Å². The summed E-state index contributed by atoms with van der Waals surface area (Å²) in [5, 5.41) is 0.615. The van der Waals surface area contributed by atoms with Crippen LogP contribution in [0.5, 0.6) is 10.9 Å². The van der Waals surface area contributed by atoms with Crippen molar-refractivity contribution in [3.05, 3.63) is 48.3 Å². The fourth-order valence-electron chi connectivity index (χ4n) is 4.71. The highest BCUT2D eigenvalue weighted by atomic mass is 32.2. The number of hydrogen-bond acceptors (Lipinski definition) is 7. The zero-order valence-corrected chi connectivity index (χ0v) is 18.3. The lowest BCUT2D eigenvalue weighted by molar-refractivity contribution is 0.116. The van der Waals surface area contributed by atoms with E-state index in [1.807, 2.05) is 18.2 Å². The molecule has 3 aromatic rings. The number of sulfonamides is 1. The van der Waals surface area contributed by atoms with Crippen molar-refractivity contribution in [3.8, 4) is 10.9 Å². The van der Waals surface area contributed by atoms with Gasteiger partial charge in [0.15, 0.2) is 0 Å². The molecule has 5 rings (SSSR count). The molecule has 9 heteroatoms. The van der Waals surface area contributed by atoms with Crippen molar-refractivity contribution in [1.29, 1.82) is 0 Å². The molecule has 30 heavy (non-hydrogen) atoms. The maximum Gasteiger partial charge on any atom is 0.279 e.